The summed E-state index contributed by atoms with van der Waals surface area (Å²) in [5.41, 5.74) is 4.13. The van der Waals surface area contributed by atoms with Gasteiger partial charge in [0.2, 0.25) is 5.54 Å². The fourth-order valence-corrected chi connectivity index (χ4v) is 4.22. The van der Waals surface area contributed by atoms with Crippen molar-refractivity contribution in [2.45, 2.75) is 63.6 Å². The molecule has 0 aromatic heterocycles. The maximum atomic E-state index is 13.0. The largest absolute Gasteiger partial charge is 0.367 e. The van der Waals surface area contributed by atoms with Gasteiger partial charge in [-0.1, -0.05) is 0 Å². The summed E-state index contributed by atoms with van der Waals surface area (Å²) in [5, 5.41) is 0. The highest BCUT2D eigenvalue weighted by Crippen LogP contribution is 2.38. The minimum atomic E-state index is -1.43. The number of hydrogen-bond acceptors (Lipinski definition) is 4. The van der Waals surface area contributed by atoms with E-state index in [4.69, 9.17) is 5.73 Å². The van der Waals surface area contributed by atoms with E-state index >= 15 is 0 Å². The average molecular weight is 322 g/mol. The van der Waals surface area contributed by atoms with Gasteiger partial charge in [0.15, 0.2) is 0 Å². The normalized spacial score (nSPS) is 30.2. The monoisotopic (exact) mass is 322 g/mol. The van der Waals surface area contributed by atoms with Crippen LogP contribution in [0.25, 0.3) is 0 Å². The topological polar surface area (TPSA) is 86.9 Å². The average Bonchev–Trinajstić information content (AvgIpc) is 2.77. The summed E-state index contributed by atoms with van der Waals surface area (Å²) >= 11 is 0. The number of nitrogens with zero attached hydrogens (tertiary/aromatic N) is 3. The summed E-state index contributed by atoms with van der Waals surface area (Å²) < 4.78 is 0. The van der Waals surface area contributed by atoms with E-state index in [0.717, 1.165) is 38.8 Å². The Labute approximate surface area is 136 Å². The highest BCUT2D eigenvalue weighted by molar-refractivity contribution is 6.20. The van der Waals surface area contributed by atoms with Gasteiger partial charge in [-0.2, -0.15) is 0 Å². The van der Waals surface area contributed by atoms with Crippen LogP contribution in [0.5, 0.6) is 0 Å². The summed E-state index contributed by atoms with van der Waals surface area (Å²) in [5.74, 6) is -1.07. The quantitative estimate of drug-likeness (QED) is 0.606. The Bertz CT molecular complexity index is 527. The number of likely N-dealkylation sites (tertiary alicyclic amines) is 1. The molecule has 23 heavy (non-hydrogen) atoms. The van der Waals surface area contributed by atoms with E-state index in [2.05, 4.69) is 18.7 Å². The van der Waals surface area contributed by atoms with Crippen LogP contribution >= 0.6 is 0 Å². The van der Waals surface area contributed by atoms with Crippen molar-refractivity contribution < 1.29 is 14.4 Å². The van der Waals surface area contributed by atoms with Crippen LogP contribution in [0.15, 0.2) is 0 Å². The molecule has 0 bridgehead atoms. The van der Waals surface area contributed by atoms with Crippen LogP contribution in [0.3, 0.4) is 0 Å². The molecular weight excluding hydrogens is 296 g/mol. The molecule has 0 spiro atoms. The number of fused-ring (bicyclic) bond motifs is 1. The van der Waals surface area contributed by atoms with Crippen LogP contribution in [0.4, 0.5) is 4.79 Å². The molecule has 1 atom stereocenters. The summed E-state index contributed by atoms with van der Waals surface area (Å²) in [7, 11) is 0. The second-order valence-electron chi connectivity index (χ2n) is 7.15. The van der Waals surface area contributed by atoms with Crippen LogP contribution in [0.2, 0.25) is 0 Å². The van der Waals surface area contributed by atoms with Gasteiger partial charge < -0.3 is 15.5 Å². The molecule has 0 aliphatic carbocycles. The van der Waals surface area contributed by atoms with Crippen molar-refractivity contribution in [3.05, 3.63) is 0 Å². The van der Waals surface area contributed by atoms with Gasteiger partial charge >= 0.3 is 6.03 Å². The van der Waals surface area contributed by atoms with Crippen LogP contribution in [0.1, 0.15) is 46.0 Å². The maximum absolute atomic E-state index is 13.0. The predicted octanol–water partition coefficient (Wildman–Crippen LogP) is 0.531. The Hall–Kier alpha value is -1.63. The molecule has 3 aliphatic heterocycles. The zero-order valence-electron chi connectivity index (χ0n) is 14.0. The first-order valence-corrected chi connectivity index (χ1v) is 8.59. The zero-order chi connectivity index (χ0) is 16.8. The minimum Gasteiger partial charge on any atom is -0.367 e. The fourth-order valence-electron chi connectivity index (χ4n) is 4.22. The number of carbonyl (C=O) groups excluding carboxylic acids is 3. The van der Waals surface area contributed by atoms with Gasteiger partial charge in [0.25, 0.3) is 11.8 Å². The lowest BCUT2D eigenvalue weighted by Crippen LogP contribution is -2.61. The second-order valence-corrected chi connectivity index (χ2v) is 7.15. The predicted molar refractivity (Wildman–Crippen MR) is 84.5 cm³/mol. The molecule has 2 N–H and O–H groups in total. The molecule has 7 heteroatoms. The molecule has 3 heterocycles. The molecule has 0 saturated carbocycles. The van der Waals surface area contributed by atoms with Crippen molar-refractivity contribution in [2.24, 2.45) is 5.73 Å². The maximum Gasteiger partial charge on any atom is 0.328 e. The van der Waals surface area contributed by atoms with E-state index in [1.54, 1.807) is 0 Å². The molecule has 3 aliphatic rings. The van der Waals surface area contributed by atoms with E-state index in [0.29, 0.717) is 19.0 Å². The Morgan fingerprint density at radius 3 is 2.35 bits per heavy atom. The lowest BCUT2D eigenvalue weighted by molar-refractivity contribution is -0.144. The SMILES string of the molecule is CC(C)N1CCC(N2C(=O)N3CCCC[C@]3(C(N)=O)C2=O)CC1. The first kappa shape index (κ1) is 16.2. The molecule has 3 fully saturated rings. The van der Waals surface area contributed by atoms with Crippen molar-refractivity contribution >= 4 is 17.8 Å². The summed E-state index contributed by atoms with van der Waals surface area (Å²) in [4.78, 5) is 42.9. The van der Waals surface area contributed by atoms with Gasteiger partial charge in [-0.3, -0.25) is 14.5 Å². The fraction of sp³-hybridized carbons (Fsp3) is 0.812. The second kappa shape index (κ2) is 5.78. The van der Waals surface area contributed by atoms with E-state index in [1.807, 2.05) is 0 Å². The number of nitrogens with two attached hydrogens (primary N) is 1. The van der Waals surface area contributed by atoms with Crippen molar-refractivity contribution in [1.29, 1.82) is 0 Å². The van der Waals surface area contributed by atoms with Crippen molar-refractivity contribution in [2.75, 3.05) is 19.6 Å². The molecule has 0 aromatic carbocycles. The summed E-state index contributed by atoms with van der Waals surface area (Å²) in [6.45, 7) is 6.46. The van der Waals surface area contributed by atoms with Gasteiger partial charge in [0, 0.05) is 31.7 Å². The molecule has 0 unspecified atom stereocenters. The Morgan fingerprint density at radius 2 is 1.83 bits per heavy atom. The molecule has 3 rings (SSSR count). The lowest BCUT2D eigenvalue weighted by Gasteiger charge is -2.37. The molecule has 7 nitrogen and oxygen atoms in total. The smallest absolute Gasteiger partial charge is 0.328 e. The molecule has 128 valence electrons. The molecule has 0 aromatic rings. The van der Waals surface area contributed by atoms with Gasteiger partial charge in [-0.05, 0) is 46.0 Å². The minimum absolute atomic E-state index is 0.119. The molecule has 0 radical (unpaired) electrons. The third kappa shape index (κ3) is 2.33. The zero-order valence-corrected chi connectivity index (χ0v) is 14.0. The first-order valence-electron chi connectivity index (χ1n) is 8.59. The van der Waals surface area contributed by atoms with Crippen molar-refractivity contribution in [3.63, 3.8) is 0 Å². The van der Waals surface area contributed by atoms with E-state index in [9.17, 15) is 14.4 Å². The van der Waals surface area contributed by atoms with Crippen LogP contribution in [-0.2, 0) is 9.59 Å². The Kier molecular flexibility index (Phi) is 4.08. The van der Waals surface area contributed by atoms with Gasteiger partial charge in [-0.25, -0.2) is 4.79 Å². The number of rotatable bonds is 3. The Balaban J connectivity index is 1.83. The number of hydrogen-bond donors (Lipinski definition) is 1. The van der Waals surface area contributed by atoms with Gasteiger partial charge in [0.1, 0.15) is 0 Å². The summed E-state index contributed by atoms with van der Waals surface area (Å²) in [6.07, 6.45) is 3.44. The van der Waals surface area contributed by atoms with Gasteiger partial charge in [0.05, 0.1) is 0 Å². The van der Waals surface area contributed by atoms with Gasteiger partial charge in [-0.15, -0.1) is 0 Å². The van der Waals surface area contributed by atoms with Crippen LogP contribution in [-0.4, -0.2) is 69.8 Å². The van der Waals surface area contributed by atoms with E-state index in [-0.39, 0.29) is 12.1 Å². The third-order valence-electron chi connectivity index (χ3n) is 5.64. The number of primary amides is 1. The van der Waals surface area contributed by atoms with Crippen LogP contribution < -0.4 is 5.73 Å². The number of piperidine rings is 2. The van der Waals surface area contributed by atoms with Crippen molar-refractivity contribution in [1.82, 2.24) is 14.7 Å². The molecule has 3 saturated heterocycles. The lowest BCUT2D eigenvalue weighted by atomic mass is 9.86. The van der Waals surface area contributed by atoms with Crippen molar-refractivity contribution in [3.8, 4) is 0 Å². The molecular formula is C16H26N4O3. The highest BCUT2D eigenvalue weighted by atomic mass is 16.2. The van der Waals surface area contributed by atoms with E-state index < -0.39 is 17.4 Å². The third-order valence-corrected chi connectivity index (χ3v) is 5.64. The number of urea groups is 1. The first-order chi connectivity index (χ1) is 10.9. The van der Waals surface area contributed by atoms with E-state index in [1.165, 1.54) is 9.80 Å². The van der Waals surface area contributed by atoms with Crippen LogP contribution in [0, 0.1) is 0 Å². The Morgan fingerprint density at radius 1 is 1.17 bits per heavy atom. The highest BCUT2D eigenvalue weighted by Gasteiger charge is 2.63. The molecule has 4 amide bonds. The number of carbonyl (C=O) groups is 3. The number of imide groups is 1. The standard InChI is InChI=1S/C16H26N4O3/c1-11(2)18-9-5-12(6-10-18)20-14(22)16(13(17)21)7-3-4-8-19(16)15(20)23/h11-12H,3-10H2,1-2H3,(H2,17,21)/t16-/m0/s1. The summed E-state index contributed by atoms with van der Waals surface area (Å²) in [6, 6.07) is 0.0209. The number of amides is 4.